The third-order valence-corrected chi connectivity index (χ3v) is 5.13. The molecule has 0 spiro atoms. The molecule has 0 saturated carbocycles. The maximum Gasteiger partial charge on any atom is 0.310 e. The molecule has 0 amide bonds. The number of piperidine rings is 1. The molecule has 2 rings (SSSR count). The molecule has 2 aliphatic heterocycles. The molecule has 2 aliphatic rings. The first-order chi connectivity index (χ1) is 8.31. The van der Waals surface area contributed by atoms with E-state index in [1.165, 1.54) is 38.5 Å². The van der Waals surface area contributed by atoms with Gasteiger partial charge in [0.15, 0.2) is 0 Å². The van der Waals surface area contributed by atoms with Gasteiger partial charge in [0.05, 0.1) is 13.0 Å². The van der Waals surface area contributed by atoms with E-state index in [1.807, 2.05) is 11.8 Å². The van der Waals surface area contributed by atoms with Crippen LogP contribution in [0.25, 0.3) is 0 Å². The van der Waals surface area contributed by atoms with Crippen molar-refractivity contribution in [2.24, 2.45) is 11.8 Å². The highest BCUT2D eigenvalue weighted by molar-refractivity contribution is 7.99. The van der Waals surface area contributed by atoms with Crippen molar-refractivity contribution < 1.29 is 9.53 Å². The Morgan fingerprint density at radius 1 is 1.41 bits per heavy atom. The van der Waals surface area contributed by atoms with Gasteiger partial charge in [-0.3, -0.25) is 4.79 Å². The molecule has 2 fully saturated rings. The Hall–Kier alpha value is -0.220. The number of rotatable bonds is 4. The highest BCUT2D eigenvalue weighted by Gasteiger charge is 2.33. The van der Waals surface area contributed by atoms with Gasteiger partial charge >= 0.3 is 5.97 Å². The minimum Gasteiger partial charge on any atom is -0.469 e. The summed E-state index contributed by atoms with van der Waals surface area (Å²) in [5.74, 6) is 2.98. The predicted octanol–water partition coefficient (Wildman–Crippen LogP) is 2.01. The van der Waals surface area contributed by atoms with E-state index >= 15 is 0 Å². The molecule has 0 aromatic heterocycles. The predicted molar refractivity (Wildman–Crippen MR) is 71.2 cm³/mol. The van der Waals surface area contributed by atoms with Gasteiger partial charge in [-0.2, -0.15) is 11.8 Å². The van der Waals surface area contributed by atoms with Crippen LogP contribution in [0, 0.1) is 11.8 Å². The van der Waals surface area contributed by atoms with Gasteiger partial charge in [-0.15, -0.1) is 0 Å². The SMILES string of the molecule is COC(=O)C(CN1CCCCC1)C1CCSC1. The van der Waals surface area contributed by atoms with Gasteiger partial charge in [-0.25, -0.2) is 0 Å². The first-order valence-corrected chi connectivity index (χ1v) is 7.84. The monoisotopic (exact) mass is 257 g/mol. The summed E-state index contributed by atoms with van der Waals surface area (Å²) in [4.78, 5) is 14.4. The maximum atomic E-state index is 11.9. The number of methoxy groups -OCH3 is 1. The Morgan fingerprint density at radius 2 is 2.18 bits per heavy atom. The largest absolute Gasteiger partial charge is 0.469 e. The Bertz CT molecular complexity index is 248. The summed E-state index contributed by atoms with van der Waals surface area (Å²) in [5, 5.41) is 0. The van der Waals surface area contributed by atoms with Crippen LogP contribution in [-0.4, -0.2) is 49.1 Å². The van der Waals surface area contributed by atoms with Crippen molar-refractivity contribution in [1.82, 2.24) is 4.90 Å². The lowest BCUT2D eigenvalue weighted by atomic mass is 9.90. The van der Waals surface area contributed by atoms with E-state index in [2.05, 4.69) is 4.90 Å². The summed E-state index contributed by atoms with van der Waals surface area (Å²) in [5.41, 5.74) is 0. The van der Waals surface area contributed by atoms with Gasteiger partial charge < -0.3 is 9.64 Å². The number of carbonyl (C=O) groups is 1. The van der Waals surface area contributed by atoms with Crippen LogP contribution in [0.15, 0.2) is 0 Å². The van der Waals surface area contributed by atoms with E-state index < -0.39 is 0 Å². The van der Waals surface area contributed by atoms with E-state index in [0.29, 0.717) is 5.92 Å². The molecule has 2 saturated heterocycles. The zero-order chi connectivity index (χ0) is 12.1. The molecule has 2 unspecified atom stereocenters. The van der Waals surface area contributed by atoms with Gasteiger partial charge in [0.25, 0.3) is 0 Å². The number of esters is 1. The molecule has 0 bridgehead atoms. The zero-order valence-electron chi connectivity index (χ0n) is 10.7. The molecule has 0 aromatic carbocycles. The number of ether oxygens (including phenoxy) is 1. The summed E-state index contributed by atoms with van der Waals surface area (Å²) in [6, 6.07) is 0. The quantitative estimate of drug-likeness (QED) is 0.721. The van der Waals surface area contributed by atoms with Crippen LogP contribution < -0.4 is 0 Å². The number of nitrogens with zero attached hydrogens (tertiary/aromatic N) is 1. The average Bonchev–Trinajstić information content (AvgIpc) is 2.90. The fourth-order valence-electron chi connectivity index (χ4n) is 2.86. The standard InChI is InChI=1S/C13H23NO2S/c1-16-13(15)12(11-5-8-17-10-11)9-14-6-3-2-4-7-14/h11-12H,2-10H2,1H3. The molecular formula is C13H23NO2S. The maximum absolute atomic E-state index is 11.9. The summed E-state index contributed by atoms with van der Waals surface area (Å²) in [6.45, 7) is 3.23. The van der Waals surface area contributed by atoms with Crippen LogP contribution in [0.5, 0.6) is 0 Å². The Labute approximate surface area is 108 Å². The molecule has 2 atom stereocenters. The second-order valence-corrected chi connectivity index (χ2v) is 6.26. The van der Waals surface area contributed by atoms with Crippen LogP contribution in [0.1, 0.15) is 25.7 Å². The normalized spacial score (nSPS) is 27.9. The molecule has 0 aliphatic carbocycles. The van der Waals surface area contributed by atoms with Crippen LogP contribution in [0.3, 0.4) is 0 Å². The van der Waals surface area contributed by atoms with Crippen molar-refractivity contribution in [3.63, 3.8) is 0 Å². The second kappa shape index (κ2) is 6.64. The summed E-state index contributed by atoms with van der Waals surface area (Å²) < 4.78 is 4.99. The molecule has 0 aromatic rings. The Kier molecular flexibility index (Phi) is 5.16. The van der Waals surface area contributed by atoms with E-state index in [9.17, 15) is 4.79 Å². The molecule has 0 radical (unpaired) electrons. The van der Waals surface area contributed by atoms with Crippen LogP contribution in [-0.2, 0) is 9.53 Å². The topological polar surface area (TPSA) is 29.5 Å². The van der Waals surface area contributed by atoms with Gasteiger partial charge in [-0.1, -0.05) is 6.42 Å². The van der Waals surface area contributed by atoms with Gasteiger partial charge in [0, 0.05) is 6.54 Å². The summed E-state index contributed by atoms with van der Waals surface area (Å²) in [7, 11) is 1.52. The van der Waals surface area contributed by atoms with Crippen LogP contribution in [0.4, 0.5) is 0 Å². The number of likely N-dealkylation sites (tertiary alicyclic amines) is 1. The highest BCUT2D eigenvalue weighted by atomic mass is 32.2. The van der Waals surface area contributed by atoms with Crippen molar-refractivity contribution >= 4 is 17.7 Å². The average molecular weight is 257 g/mol. The smallest absolute Gasteiger partial charge is 0.310 e. The molecule has 0 N–H and O–H groups in total. The Balaban J connectivity index is 1.91. The lowest BCUT2D eigenvalue weighted by molar-refractivity contribution is -0.148. The lowest BCUT2D eigenvalue weighted by Gasteiger charge is -2.31. The first kappa shape index (κ1) is 13.2. The van der Waals surface area contributed by atoms with Crippen LogP contribution >= 0.6 is 11.8 Å². The lowest BCUT2D eigenvalue weighted by Crippen LogP contribution is -2.40. The van der Waals surface area contributed by atoms with Gasteiger partial charge in [0.2, 0.25) is 0 Å². The third kappa shape index (κ3) is 3.62. The second-order valence-electron chi connectivity index (χ2n) is 5.11. The molecule has 2 heterocycles. The van der Waals surface area contributed by atoms with E-state index in [4.69, 9.17) is 4.74 Å². The van der Waals surface area contributed by atoms with Crippen molar-refractivity contribution in [1.29, 1.82) is 0 Å². The summed E-state index contributed by atoms with van der Waals surface area (Å²) >= 11 is 1.97. The molecule has 17 heavy (non-hydrogen) atoms. The van der Waals surface area contributed by atoms with Crippen molar-refractivity contribution in [3.8, 4) is 0 Å². The highest BCUT2D eigenvalue weighted by Crippen LogP contribution is 2.31. The number of thioether (sulfide) groups is 1. The Morgan fingerprint density at radius 3 is 2.76 bits per heavy atom. The van der Waals surface area contributed by atoms with Crippen molar-refractivity contribution in [2.45, 2.75) is 25.7 Å². The number of hydrogen-bond acceptors (Lipinski definition) is 4. The molecule has 4 heteroatoms. The molecule has 98 valence electrons. The summed E-state index contributed by atoms with van der Waals surface area (Å²) in [6.07, 6.45) is 5.09. The van der Waals surface area contributed by atoms with E-state index in [-0.39, 0.29) is 11.9 Å². The van der Waals surface area contributed by atoms with E-state index in [1.54, 1.807) is 0 Å². The molecular weight excluding hydrogens is 234 g/mol. The first-order valence-electron chi connectivity index (χ1n) is 6.69. The van der Waals surface area contributed by atoms with Gasteiger partial charge in [-0.05, 0) is 49.8 Å². The van der Waals surface area contributed by atoms with E-state index in [0.717, 1.165) is 25.4 Å². The number of hydrogen-bond donors (Lipinski definition) is 0. The van der Waals surface area contributed by atoms with Crippen molar-refractivity contribution in [3.05, 3.63) is 0 Å². The minimum absolute atomic E-state index is 0.00285. The zero-order valence-corrected chi connectivity index (χ0v) is 11.5. The van der Waals surface area contributed by atoms with Crippen LogP contribution in [0.2, 0.25) is 0 Å². The third-order valence-electron chi connectivity index (χ3n) is 3.94. The minimum atomic E-state index is 0.00285. The molecule has 3 nitrogen and oxygen atoms in total. The van der Waals surface area contributed by atoms with Crippen molar-refractivity contribution in [2.75, 3.05) is 38.2 Å². The fourth-order valence-corrected chi connectivity index (χ4v) is 4.20. The number of carbonyl (C=O) groups excluding carboxylic acids is 1. The fraction of sp³-hybridized carbons (Fsp3) is 0.923. The van der Waals surface area contributed by atoms with Gasteiger partial charge in [0.1, 0.15) is 0 Å².